The van der Waals surface area contributed by atoms with Crippen molar-refractivity contribution < 1.29 is 0 Å². The van der Waals surface area contributed by atoms with Crippen LogP contribution in [0.1, 0.15) is 5.56 Å². The van der Waals surface area contributed by atoms with E-state index in [0.717, 1.165) is 49.6 Å². The summed E-state index contributed by atoms with van der Waals surface area (Å²) < 4.78 is 0. The Bertz CT molecular complexity index is 899. The first-order valence-corrected chi connectivity index (χ1v) is 9.01. The summed E-state index contributed by atoms with van der Waals surface area (Å²) in [5.41, 5.74) is 8.26. The number of nitrogen functional groups attached to an aromatic ring is 1. The summed E-state index contributed by atoms with van der Waals surface area (Å²) in [5.74, 6) is 1.29. The summed E-state index contributed by atoms with van der Waals surface area (Å²) in [6, 6.07) is 18.3. The average molecular weight is 345 g/mol. The van der Waals surface area contributed by atoms with Crippen LogP contribution in [0.2, 0.25) is 0 Å². The SMILES string of the molecule is Nc1nc(N2CCN(C/C=C/c3ccccc3)CC2)nc2ccccc12. The van der Waals surface area contributed by atoms with E-state index in [1.807, 2.05) is 30.3 Å². The van der Waals surface area contributed by atoms with E-state index in [4.69, 9.17) is 5.73 Å². The van der Waals surface area contributed by atoms with Crippen molar-refractivity contribution in [2.75, 3.05) is 43.4 Å². The number of anilines is 2. The van der Waals surface area contributed by atoms with E-state index in [1.54, 1.807) is 0 Å². The van der Waals surface area contributed by atoms with E-state index < -0.39 is 0 Å². The second kappa shape index (κ2) is 7.54. The second-order valence-corrected chi connectivity index (χ2v) is 6.53. The quantitative estimate of drug-likeness (QED) is 0.787. The maximum absolute atomic E-state index is 6.11. The molecule has 4 rings (SSSR count). The molecular formula is C21H23N5. The van der Waals surface area contributed by atoms with Crippen molar-refractivity contribution in [2.45, 2.75) is 0 Å². The van der Waals surface area contributed by atoms with Crippen molar-refractivity contribution in [2.24, 2.45) is 0 Å². The van der Waals surface area contributed by atoms with Gasteiger partial charge in [0.1, 0.15) is 5.82 Å². The van der Waals surface area contributed by atoms with Gasteiger partial charge in [0.15, 0.2) is 0 Å². The van der Waals surface area contributed by atoms with Crippen molar-refractivity contribution in [3.63, 3.8) is 0 Å². The van der Waals surface area contributed by atoms with Crippen LogP contribution in [0.15, 0.2) is 60.7 Å². The molecule has 26 heavy (non-hydrogen) atoms. The molecule has 5 heteroatoms. The van der Waals surface area contributed by atoms with Gasteiger partial charge in [-0.15, -0.1) is 0 Å². The molecule has 0 amide bonds. The molecule has 1 aliphatic rings. The molecule has 0 aliphatic carbocycles. The summed E-state index contributed by atoms with van der Waals surface area (Å²) in [4.78, 5) is 13.9. The molecule has 0 spiro atoms. The van der Waals surface area contributed by atoms with E-state index >= 15 is 0 Å². The van der Waals surface area contributed by atoms with Gasteiger partial charge in [0.05, 0.1) is 5.52 Å². The number of para-hydroxylation sites is 1. The van der Waals surface area contributed by atoms with Gasteiger partial charge >= 0.3 is 0 Å². The van der Waals surface area contributed by atoms with E-state index in [0.29, 0.717) is 5.82 Å². The predicted molar refractivity (Wildman–Crippen MR) is 108 cm³/mol. The Balaban J connectivity index is 1.37. The molecule has 132 valence electrons. The molecule has 0 unspecified atom stereocenters. The number of piperazine rings is 1. The molecule has 0 radical (unpaired) electrons. The Morgan fingerprint density at radius 2 is 1.62 bits per heavy atom. The van der Waals surface area contributed by atoms with Gasteiger partial charge in [-0.25, -0.2) is 4.98 Å². The predicted octanol–water partition coefficient (Wildman–Crippen LogP) is 3.05. The number of nitrogens with zero attached hydrogens (tertiary/aromatic N) is 4. The van der Waals surface area contributed by atoms with Crippen LogP contribution < -0.4 is 10.6 Å². The summed E-state index contributed by atoms with van der Waals surface area (Å²) in [7, 11) is 0. The lowest BCUT2D eigenvalue weighted by atomic mass is 10.2. The van der Waals surface area contributed by atoms with Crippen molar-refractivity contribution in [1.82, 2.24) is 14.9 Å². The van der Waals surface area contributed by atoms with Gasteiger partial charge in [0, 0.05) is 38.1 Å². The molecule has 0 saturated carbocycles. The molecular weight excluding hydrogens is 322 g/mol. The lowest BCUT2D eigenvalue weighted by Crippen LogP contribution is -2.47. The van der Waals surface area contributed by atoms with Crippen molar-refractivity contribution >= 4 is 28.7 Å². The van der Waals surface area contributed by atoms with Crippen LogP contribution in [0, 0.1) is 0 Å². The third kappa shape index (κ3) is 3.68. The third-order valence-electron chi connectivity index (χ3n) is 4.75. The number of fused-ring (bicyclic) bond motifs is 1. The monoisotopic (exact) mass is 345 g/mol. The summed E-state index contributed by atoms with van der Waals surface area (Å²) in [5, 5.41) is 0.918. The first-order valence-electron chi connectivity index (χ1n) is 9.01. The average Bonchev–Trinajstić information content (AvgIpc) is 2.69. The van der Waals surface area contributed by atoms with Gasteiger partial charge < -0.3 is 10.6 Å². The van der Waals surface area contributed by atoms with Gasteiger partial charge in [0.2, 0.25) is 5.95 Å². The summed E-state index contributed by atoms with van der Waals surface area (Å²) in [6.07, 6.45) is 4.41. The highest BCUT2D eigenvalue weighted by molar-refractivity contribution is 5.88. The number of nitrogens with two attached hydrogens (primary N) is 1. The van der Waals surface area contributed by atoms with Gasteiger partial charge in [0.25, 0.3) is 0 Å². The van der Waals surface area contributed by atoms with Crippen LogP contribution in [0.5, 0.6) is 0 Å². The third-order valence-corrected chi connectivity index (χ3v) is 4.75. The maximum Gasteiger partial charge on any atom is 0.227 e. The fraction of sp³-hybridized carbons (Fsp3) is 0.238. The van der Waals surface area contributed by atoms with Crippen LogP contribution in [-0.4, -0.2) is 47.6 Å². The lowest BCUT2D eigenvalue weighted by molar-refractivity contribution is 0.283. The highest BCUT2D eigenvalue weighted by Gasteiger charge is 2.19. The second-order valence-electron chi connectivity index (χ2n) is 6.53. The highest BCUT2D eigenvalue weighted by Crippen LogP contribution is 2.21. The first kappa shape index (κ1) is 16.5. The van der Waals surface area contributed by atoms with Gasteiger partial charge in [-0.3, -0.25) is 4.90 Å². The minimum atomic E-state index is 0.554. The fourth-order valence-electron chi connectivity index (χ4n) is 3.26. The first-order chi connectivity index (χ1) is 12.8. The van der Waals surface area contributed by atoms with E-state index in [2.05, 4.69) is 56.2 Å². The van der Waals surface area contributed by atoms with Gasteiger partial charge in [-0.05, 0) is 17.7 Å². The molecule has 0 bridgehead atoms. The van der Waals surface area contributed by atoms with E-state index in [1.165, 1.54) is 5.56 Å². The Labute approximate surface area is 153 Å². The number of hydrogen-bond donors (Lipinski definition) is 1. The molecule has 1 aliphatic heterocycles. The molecule has 2 heterocycles. The Morgan fingerprint density at radius 1 is 0.885 bits per heavy atom. The van der Waals surface area contributed by atoms with Crippen LogP contribution in [0.4, 0.5) is 11.8 Å². The smallest absolute Gasteiger partial charge is 0.227 e. The number of aromatic nitrogens is 2. The molecule has 1 fully saturated rings. The maximum atomic E-state index is 6.11. The zero-order valence-electron chi connectivity index (χ0n) is 14.8. The minimum absolute atomic E-state index is 0.554. The van der Waals surface area contributed by atoms with Crippen molar-refractivity contribution in [1.29, 1.82) is 0 Å². The summed E-state index contributed by atoms with van der Waals surface area (Å²) in [6.45, 7) is 4.78. The molecule has 0 atom stereocenters. The Kier molecular flexibility index (Phi) is 4.80. The van der Waals surface area contributed by atoms with Crippen LogP contribution in [-0.2, 0) is 0 Å². The highest BCUT2D eigenvalue weighted by atomic mass is 15.3. The zero-order valence-corrected chi connectivity index (χ0v) is 14.8. The van der Waals surface area contributed by atoms with Crippen LogP contribution in [0.3, 0.4) is 0 Å². The molecule has 3 aromatic rings. The van der Waals surface area contributed by atoms with Crippen molar-refractivity contribution in [3.05, 3.63) is 66.2 Å². The standard InChI is InChI=1S/C21H23N5/c22-20-18-10-4-5-11-19(18)23-21(24-20)26-15-13-25(14-16-26)12-6-9-17-7-2-1-3-8-17/h1-11H,12-16H2,(H2,22,23,24)/b9-6+. The molecule has 1 aromatic heterocycles. The fourth-order valence-corrected chi connectivity index (χ4v) is 3.26. The van der Waals surface area contributed by atoms with Crippen LogP contribution in [0.25, 0.3) is 17.0 Å². The number of benzene rings is 2. The number of hydrogen-bond acceptors (Lipinski definition) is 5. The Morgan fingerprint density at radius 3 is 2.42 bits per heavy atom. The number of rotatable bonds is 4. The Hall–Kier alpha value is -2.92. The largest absolute Gasteiger partial charge is 0.383 e. The van der Waals surface area contributed by atoms with Gasteiger partial charge in [-0.2, -0.15) is 4.98 Å². The molecule has 2 N–H and O–H groups in total. The molecule has 5 nitrogen and oxygen atoms in total. The normalized spacial score (nSPS) is 15.8. The van der Waals surface area contributed by atoms with Gasteiger partial charge in [-0.1, -0.05) is 54.6 Å². The topological polar surface area (TPSA) is 58.3 Å². The van der Waals surface area contributed by atoms with E-state index in [-0.39, 0.29) is 0 Å². The van der Waals surface area contributed by atoms with Crippen molar-refractivity contribution in [3.8, 4) is 0 Å². The minimum Gasteiger partial charge on any atom is -0.383 e. The van der Waals surface area contributed by atoms with E-state index in [9.17, 15) is 0 Å². The lowest BCUT2D eigenvalue weighted by Gasteiger charge is -2.34. The molecule has 2 aromatic carbocycles. The van der Waals surface area contributed by atoms with Crippen LogP contribution >= 0.6 is 0 Å². The zero-order chi connectivity index (χ0) is 17.8. The summed E-state index contributed by atoms with van der Waals surface area (Å²) >= 11 is 0. The molecule has 1 saturated heterocycles.